The second kappa shape index (κ2) is 6.80. The monoisotopic (exact) mass is 302 g/mol. The number of nitrogens with zero attached hydrogens (tertiary/aromatic N) is 1. The molecule has 120 valence electrons. The molecule has 1 saturated carbocycles. The van der Waals surface area contributed by atoms with E-state index in [9.17, 15) is 4.79 Å². The van der Waals surface area contributed by atoms with Gasteiger partial charge in [0.2, 0.25) is 0 Å². The molecule has 4 nitrogen and oxygen atoms in total. The second-order valence-electron chi connectivity index (χ2n) is 6.62. The van der Waals surface area contributed by atoms with Crippen molar-refractivity contribution in [3.8, 4) is 0 Å². The van der Waals surface area contributed by atoms with Crippen molar-refractivity contribution in [1.82, 2.24) is 4.90 Å². The molecule has 1 aliphatic heterocycles. The van der Waals surface area contributed by atoms with E-state index in [1.54, 1.807) is 0 Å². The number of nitrogens with two attached hydrogens (primary N) is 1. The number of amides is 1. The Balaban J connectivity index is 1.57. The lowest BCUT2D eigenvalue weighted by atomic mass is 9.90. The molecule has 2 fully saturated rings. The van der Waals surface area contributed by atoms with Crippen molar-refractivity contribution >= 4 is 5.91 Å². The summed E-state index contributed by atoms with van der Waals surface area (Å²) in [6.45, 7) is 0. The van der Waals surface area contributed by atoms with Crippen LogP contribution in [0, 0.1) is 0 Å². The molecule has 0 unspecified atom stereocenters. The van der Waals surface area contributed by atoms with Crippen molar-refractivity contribution in [3.63, 3.8) is 0 Å². The van der Waals surface area contributed by atoms with E-state index in [0.29, 0.717) is 12.1 Å². The summed E-state index contributed by atoms with van der Waals surface area (Å²) in [5, 5.41) is 0. The number of carbonyl (C=O) groups is 1. The minimum absolute atomic E-state index is 0.0586. The topological polar surface area (TPSA) is 55.6 Å². The van der Waals surface area contributed by atoms with E-state index in [2.05, 4.69) is 12.1 Å². The van der Waals surface area contributed by atoms with Crippen LogP contribution >= 0.6 is 0 Å². The molecular weight excluding hydrogens is 276 g/mol. The largest absolute Gasteiger partial charge is 0.360 e. The Kier molecular flexibility index (Phi) is 4.79. The third-order valence-electron chi connectivity index (χ3n) is 5.10. The van der Waals surface area contributed by atoms with E-state index in [4.69, 9.17) is 10.5 Å². The maximum absolute atomic E-state index is 12.7. The molecule has 0 bridgehead atoms. The van der Waals surface area contributed by atoms with Crippen molar-refractivity contribution < 1.29 is 9.53 Å². The minimum Gasteiger partial charge on any atom is -0.360 e. The van der Waals surface area contributed by atoms with Gasteiger partial charge < -0.3 is 15.4 Å². The summed E-state index contributed by atoms with van der Waals surface area (Å²) in [5.74, 6) is 0.138. The minimum atomic E-state index is -0.286. The van der Waals surface area contributed by atoms with Gasteiger partial charge in [0.05, 0.1) is 6.10 Å². The normalized spacial score (nSPS) is 31.9. The maximum atomic E-state index is 12.7. The molecule has 1 aliphatic carbocycles. The predicted molar refractivity (Wildman–Crippen MR) is 86.3 cm³/mol. The van der Waals surface area contributed by atoms with Crippen LogP contribution < -0.4 is 5.73 Å². The molecular formula is C18H26N2O2. The molecule has 1 aromatic carbocycles. The van der Waals surface area contributed by atoms with Crippen LogP contribution in [0.5, 0.6) is 0 Å². The third kappa shape index (κ3) is 3.33. The molecule has 3 rings (SSSR count). The molecule has 2 atom stereocenters. The number of benzene rings is 1. The van der Waals surface area contributed by atoms with Crippen LogP contribution in [0.1, 0.15) is 50.2 Å². The summed E-state index contributed by atoms with van der Waals surface area (Å²) in [6, 6.07) is 10.8. The van der Waals surface area contributed by atoms with Crippen molar-refractivity contribution in [3.05, 3.63) is 35.9 Å². The van der Waals surface area contributed by atoms with Gasteiger partial charge in [-0.3, -0.25) is 4.79 Å². The Bertz CT molecular complexity index is 497. The van der Waals surface area contributed by atoms with Crippen LogP contribution in [0.4, 0.5) is 0 Å². The van der Waals surface area contributed by atoms with Gasteiger partial charge in [-0.25, -0.2) is 0 Å². The van der Waals surface area contributed by atoms with Gasteiger partial charge in [0, 0.05) is 19.1 Å². The molecule has 0 radical (unpaired) electrons. The van der Waals surface area contributed by atoms with Gasteiger partial charge in [-0.05, 0) is 44.1 Å². The summed E-state index contributed by atoms with van der Waals surface area (Å²) in [5.41, 5.74) is 7.12. The van der Waals surface area contributed by atoms with Crippen molar-refractivity contribution in [1.29, 1.82) is 0 Å². The molecule has 22 heavy (non-hydrogen) atoms. The average molecular weight is 302 g/mol. The average Bonchev–Trinajstić information content (AvgIpc) is 3.05. The first-order valence-corrected chi connectivity index (χ1v) is 8.38. The fourth-order valence-electron chi connectivity index (χ4n) is 3.63. The first-order chi connectivity index (χ1) is 10.6. The summed E-state index contributed by atoms with van der Waals surface area (Å²) in [4.78, 5) is 14.6. The number of carbonyl (C=O) groups excluding carboxylic acids is 1. The third-order valence-corrected chi connectivity index (χ3v) is 5.10. The second-order valence-corrected chi connectivity index (χ2v) is 6.62. The highest BCUT2D eigenvalue weighted by atomic mass is 16.5. The first kappa shape index (κ1) is 15.5. The van der Waals surface area contributed by atoms with Gasteiger partial charge in [-0.15, -0.1) is 0 Å². The fourth-order valence-corrected chi connectivity index (χ4v) is 3.63. The standard InChI is InChI=1S/C18H26N2O2/c1-20(15-9-7-14(19)8-10-15)18(21)17-12-11-16(22-17)13-5-3-2-4-6-13/h2-6,14-17H,7-12,19H2,1H3/t14?,15?,16-,17+/m1/s1. The smallest absolute Gasteiger partial charge is 0.251 e. The molecule has 2 N–H and O–H groups in total. The van der Waals surface area contributed by atoms with E-state index >= 15 is 0 Å². The highest BCUT2D eigenvalue weighted by Gasteiger charge is 2.35. The summed E-state index contributed by atoms with van der Waals surface area (Å²) >= 11 is 0. The SMILES string of the molecule is CN(C(=O)[C@@H]1CC[C@H](c2ccccc2)O1)C1CCC(N)CC1. The molecule has 2 aliphatic rings. The molecule has 1 heterocycles. The van der Waals surface area contributed by atoms with Crippen molar-refractivity contribution in [2.24, 2.45) is 5.73 Å². The van der Waals surface area contributed by atoms with Crippen LogP contribution in [-0.2, 0) is 9.53 Å². The zero-order valence-electron chi connectivity index (χ0n) is 13.3. The van der Waals surface area contributed by atoms with Gasteiger partial charge in [0.1, 0.15) is 6.10 Å². The lowest BCUT2D eigenvalue weighted by Crippen LogP contribution is -2.45. The molecule has 1 saturated heterocycles. The van der Waals surface area contributed by atoms with Crippen LogP contribution in [0.25, 0.3) is 0 Å². The van der Waals surface area contributed by atoms with E-state index in [1.165, 1.54) is 5.56 Å². The highest BCUT2D eigenvalue weighted by Crippen LogP contribution is 2.34. The fraction of sp³-hybridized carbons (Fsp3) is 0.611. The molecule has 0 spiro atoms. The Labute approximate surface area is 132 Å². The van der Waals surface area contributed by atoms with Gasteiger partial charge >= 0.3 is 0 Å². The zero-order valence-corrected chi connectivity index (χ0v) is 13.3. The van der Waals surface area contributed by atoms with Crippen LogP contribution in [0.15, 0.2) is 30.3 Å². The lowest BCUT2D eigenvalue weighted by Gasteiger charge is -2.34. The van der Waals surface area contributed by atoms with Gasteiger partial charge in [-0.1, -0.05) is 30.3 Å². The number of likely N-dealkylation sites (N-methyl/N-ethyl adjacent to an activating group) is 1. The Hall–Kier alpha value is -1.39. The molecule has 4 heteroatoms. The number of ether oxygens (including phenoxy) is 1. The van der Waals surface area contributed by atoms with Crippen LogP contribution in [0.3, 0.4) is 0 Å². The quantitative estimate of drug-likeness (QED) is 0.934. The van der Waals surface area contributed by atoms with Gasteiger partial charge in [-0.2, -0.15) is 0 Å². The molecule has 1 amide bonds. The predicted octanol–water partition coefficient (Wildman–Crippen LogP) is 2.64. The van der Waals surface area contributed by atoms with Crippen molar-refractivity contribution in [2.75, 3.05) is 7.05 Å². The summed E-state index contributed by atoms with van der Waals surface area (Å²) in [7, 11) is 1.92. The number of hydrogen-bond donors (Lipinski definition) is 1. The molecule has 1 aromatic rings. The van der Waals surface area contributed by atoms with E-state index in [1.807, 2.05) is 30.1 Å². The zero-order chi connectivity index (χ0) is 15.5. The van der Waals surface area contributed by atoms with Crippen LogP contribution in [0.2, 0.25) is 0 Å². The Morgan fingerprint density at radius 1 is 1.09 bits per heavy atom. The molecule has 0 aromatic heterocycles. The number of hydrogen-bond acceptors (Lipinski definition) is 3. The maximum Gasteiger partial charge on any atom is 0.251 e. The Morgan fingerprint density at radius 3 is 2.45 bits per heavy atom. The number of rotatable bonds is 3. The van der Waals surface area contributed by atoms with E-state index < -0.39 is 0 Å². The lowest BCUT2D eigenvalue weighted by molar-refractivity contribution is -0.144. The van der Waals surface area contributed by atoms with Crippen LogP contribution in [-0.4, -0.2) is 36.0 Å². The summed E-state index contributed by atoms with van der Waals surface area (Å²) < 4.78 is 6.03. The Morgan fingerprint density at radius 2 is 1.77 bits per heavy atom. The van der Waals surface area contributed by atoms with E-state index in [0.717, 1.165) is 38.5 Å². The first-order valence-electron chi connectivity index (χ1n) is 8.38. The van der Waals surface area contributed by atoms with E-state index in [-0.39, 0.29) is 18.1 Å². The van der Waals surface area contributed by atoms with Crippen molar-refractivity contribution in [2.45, 2.75) is 62.8 Å². The van der Waals surface area contributed by atoms with Gasteiger partial charge in [0.15, 0.2) is 0 Å². The highest BCUT2D eigenvalue weighted by molar-refractivity contribution is 5.81. The van der Waals surface area contributed by atoms with Gasteiger partial charge in [0.25, 0.3) is 5.91 Å². The summed E-state index contributed by atoms with van der Waals surface area (Å²) in [6.07, 6.45) is 5.56.